The average Bonchev–Trinajstić information content (AvgIpc) is 2.65. The predicted octanol–water partition coefficient (Wildman–Crippen LogP) is 6.23. The van der Waals surface area contributed by atoms with Crippen molar-refractivity contribution >= 4 is 41.1 Å². The van der Waals surface area contributed by atoms with Crippen molar-refractivity contribution in [3.05, 3.63) is 64.2 Å². The molecule has 7 heteroatoms. The fourth-order valence-corrected chi connectivity index (χ4v) is 3.43. The molecule has 0 bridgehead atoms. The van der Waals surface area contributed by atoms with Gasteiger partial charge in [0.25, 0.3) is 0 Å². The summed E-state index contributed by atoms with van der Waals surface area (Å²) in [7, 11) is 0. The number of benzene rings is 2. The highest BCUT2D eigenvalue weighted by molar-refractivity contribution is 7.99. The van der Waals surface area contributed by atoms with E-state index >= 15 is 0 Å². The Morgan fingerprint density at radius 3 is 2.39 bits per heavy atom. The highest BCUT2D eigenvalue weighted by Crippen LogP contribution is 2.29. The van der Waals surface area contributed by atoms with Gasteiger partial charge in [0.15, 0.2) is 0 Å². The Kier molecular flexibility index (Phi) is 11.5. The Labute approximate surface area is 179 Å². The quantitative estimate of drug-likeness (QED) is 0.341. The maximum absolute atomic E-state index is 8.12. The molecule has 0 saturated heterocycles. The summed E-state index contributed by atoms with van der Waals surface area (Å²) in [6, 6.07) is 11.4. The van der Waals surface area contributed by atoms with E-state index in [1.807, 2.05) is 6.07 Å². The van der Waals surface area contributed by atoms with Crippen LogP contribution in [0.25, 0.3) is 0 Å². The van der Waals surface area contributed by atoms with Crippen LogP contribution < -0.4 is 9.47 Å². The Morgan fingerprint density at radius 1 is 1.11 bits per heavy atom. The minimum absolute atomic E-state index is 0.250. The molecule has 0 heterocycles. The first kappa shape index (κ1) is 24.1. The molecule has 0 aliphatic rings. The van der Waals surface area contributed by atoms with Gasteiger partial charge in [0, 0.05) is 15.7 Å². The van der Waals surface area contributed by atoms with E-state index in [4.69, 9.17) is 42.3 Å². The Morgan fingerprint density at radius 2 is 1.79 bits per heavy atom. The lowest BCUT2D eigenvalue weighted by atomic mass is 10.2. The maximum atomic E-state index is 8.12. The molecule has 0 fully saturated rings. The van der Waals surface area contributed by atoms with Crippen LogP contribution in [0.5, 0.6) is 11.5 Å². The van der Waals surface area contributed by atoms with E-state index < -0.39 is 0 Å². The smallest absolute Gasteiger partial charge is 0.373 e. The van der Waals surface area contributed by atoms with E-state index in [9.17, 15) is 0 Å². The zero-order chi connectivity index (χ0) is 20.9. The predicted molar refractivity (Wildman–Crippen MR) is 114 cm³/mol. The van der Waals surface area contributed by atoms with Crippen molar-refractivity contribution in [2.45, 2.75) is 25.2 Å². The SMILES string of the molecule is C=C(COc1ccc(Cl)cc1Cl)CSc1ccc(OCCC)c(C)c1.O=C=O. The summed E-state index contributed by atoms with van der Waals surface area (Å²) in [6.07, 6.45) is 1.26. The van der Waals surface area contributed by atoms with Crippen molar-refractivity contribution in [1.82, 2.24) is 0 Å². The van der Waals surface area contributed by atoms with Crippen LogP contribution in [0.4, 0.5) is 0 Å². The van der Waals surface area contributed by atoms with Gasteiger partial charge in [-0.25, -0.2) is 0 Å². The lowest BCUT2D eigenvalue weighted by Gasteiger charge is -2.12. The Bertz CT molecular complexity index is 818. The van der Waals surface area contributed by atoms with Gasteiger partial charge in [-0.3, -0.25) is 0 Å². The molecule has 0 radical (unpaired) electrons. The number of hydrogen-bond donors (Lipinski definition) is 0. The van der Waals surface area contributed by atoms with Crippen LogP contribution in [-0.4, -0.2) is 25.1 Å². The number of aryl methyl sites for hydroxylation is 1. The van der Waals surface area contributed by atoms with Gasteiger partial charge in [0.2, 0.25) is 0 Å². The zero-order valence-corrected chi connectivity index (χ0v) is 18.1. The molecule has 4 nitrogen and oxygen atoms in total. The van der Waals surface area contributed by atoms with Gasteiger partial charge >= 0.3 is 6.15 Å². The third-order valence-corrected chi connectivity index (χ3v) is 5.05. The third-order valence-electron chi connectivity index (χ3n) is 3.38. The molecule has 0 saturated carbocycles. The van der Waals surface area contributed by atoms with E-state index in [0.29, 0.717) is 22.4 Å². The highest BCUT2D eigenvalue weighted by atomic mass is 35.5. The monoisotopic (exact) mass is 440 g/mol. The molecule has 28 heavy (non-hydrogen) atoms. The summed E-state index contributed by atoms with van der Waals surface area (Å²) >= 11 is 13.7. The molecule has 0 aliphatic heterocycles. The summed E-state index contributed by atoms with van der Waals surface area (Å²) in [5, 5.41) is 1.10. The number of carbonyl (C=O) groups excluding carboxylic acids is 2. The van der Waals surface area contributed by atoms with Crippen LogP contribution in [0.1, 0.15) is 18.9 Å². The van der Waals surface area contributed by atoms with Gasteiger partial charge in [0.05, 0.1) is 11.6 Å². The Hall–Kier alpha value is -1.91. The number of hydrogen-bond acceptors (Lipinski definition) is 5. The van der Waals surface area contributed by atoms with Crippen LogP contribution in [-0.2, 0) is 9.59 Å². The molecular weight excluding hydrogens is 419 g/mol. The fraction of sp³-hybridized carbons (Fsp3) is 0.286. The summed E-state index contributed by atoms with van der Waals surface area (Å²) in [4.78, 5) is 17.4. The minimum atomic E-state index is 0.250. The van der Waals surface area contributed by atoms with Gasteiger partial charge in [-0.15, -0.1) is 11.8 Å². The largest absolute Gasteiger partial charge is 0.493 e. The third kappa shape index (κ3) is 8.85. The summed E-state index contributed by atoms with van der Waals surface area (Å²) in [6.45, 7) is 9.41. The van der Waals surface area contributed by atoms with Crippen molar-refractivity contribution in [2.75, 3.05) is 19.0 Å². The number of rotatable bonds is 9. The lowest BCUT2D eigenvalue weighted by Crippen LogP contribution is -2.02. The molecule has 0 aliphatic carbocycles. The molecule has 2 rings (SSSR count). The van der Waals surface area contributed by atoms with Crippen LogP contribution in [0.3, 0.4) is 0 Å². The Balaban J connectivity index is 0.00000122. The van der Waals surface area contributed by atoms with Crippen LogP contribution in [0.15, 0.2) is 53.4 Å². The molecule has 0 aromatic heterocycles. The molecule has 0 unspecified atom stereocenters. The highest BCUT2D eigenvalue weighted by Gasteiger charge is 2.06. The second-order valence-corrected chi connectivity index (χ2v) is 7.65. The van der Waals surface area contributed by atoms with Crippen molar-refractivity contribution < 1.29 is 19.1 Å². The van der Waals surface area contributed by atoms with Gasteiger partial charge in [0.1, 0.15) is 18.1 Å². The van der Waals surface area contributed by atoms with Gasteiger partial charge in [-0.05, 0) is 60.9 Å². The summed E-state index contributed by atoms with van der Waals surface area (Å²) < 4.78 is 11.4. The van der Waals surface area contributed by atoms with E-state index in [-0.39, 0.29) is 6.15 Å². The van der Waals surface area contributed by atoms with Gasteiger partial charge in [-0.1, -0.05) is 36.7 Å². The normalized spacial score (nSPS) is 9.71. The minimum Gasteiger partial charge on any atom is -0.493 e. The maximum Gasteiger partial charge on any atom is 0.373 e. The molecule has 0 spiro atoms. The van der Waals surface area contributed by atoms with E-state index in [1.165, 1.54) is 4.90 Å². The first-order chi connectivity index (χ1) is 13.4. The second kappa shape index (κ2) is 13.3. The van der Waals surface area contributed by atoms with Crippen molar-refractivity contribution in [2.24, 2.45) is 0 Å². The first-order valence-corrected chi connectivity index (χ1v) is 10.2. The molecule has 0 N–H and O–H groups in total. The van der Waals surface area contributed by atoms with Gasteiger partial charge < -0.3 is 9.47 Å². The topological polar surface area (TPSA) is 52.6 Å². The number of thioether (sulfide) groups is 1. The number of ether oxygens (including phenoxy) is 2. The lowest BCUT2D eigenvalue weighted by molar-refractivity contribution is -0.191. The first-order valence-electron chi connectivity index (χ1n) is 8.51. The summed E-state index contributed by atoms with van der Waals surface area (Å²) in [5.74, 6) is 2.34. The average molecular weight is 441 g/mol. The number of halogens is 2. The van der Waals surface area contributed by atoms with Crippen LogP contribution in [0, 0.1) is 6.92 Å². The molecule has 2 aromatic rings. The van der Waals surface area contributed by atoms with E-state index in [0.717, 1.165) is 35.7 Å². The van der Waals surface area contributed by atoms with E-state index in [1.54, 1.807) is 30.0 Å². The molecule has 2 aromatic carbocycles. The van der Waals surface area contributed by atoms with Crippen LogP contribution in [0.2, 0.25) is 10.0 Å². The zero-order valence-electron chi connectivity index (χ0n) is 15.8. The molecular formula is C21H22Cl2O4S. The van der Waals surface area contributed by atoms with Crippen molar-refractivity contribution in [3.63, 3.8) is 0 Å². The second-order valence-electron chi connectivity index (χ2n) is 5.76. The van der Waals surface area contributed by atoms with Crippen molar-refractivity contribution in [1.29, 1.82) is 0 Å². The van der Waals surface area contributed by atoms with Crippen LogP contribution >= 0.6 is 35.0 Å². The van der Waals surface area contributed by atoms with Crippen molar-refractivity contribution in [3.8, 4) is 11.5 Å². The molecule has 150 valence electrons. The molecule has 0 amide bonds. The standard InChI is InChI=1S/C20H22Cl2O2S.CO2/c1-4-9-23-19-8-6-17(10-15(19)3)25-13-14(2)12-24-20-7-5-16(21)11-18(20)22;2-1-3/h5-8,10-11H,2,4,9,12-13H2,1,3H3;. The van der Waals surface area contributed by atoms with Gasteiger partial charge in [-0.2, -0.15) is 9.59 Å². The fourth-order valence-electron chi connectivity index (χ4n) is 2.08. The summed E-state index contributed by atoms with van der Waals surface area (Å²) in [5.41, 5.74) is 2.13. The molecule has 0 atom stereocenters. The van der Waals surface area contributed by atoms with E-state index in [2.05, 4.69) is 32.6 Å².